The van der Waals surface area contributed by atoms with Gasteiger partial charge in [-0.1, -0.05) is 27.7 Å². The molecule has 1 fully saturated rings. The topological polar surface area (TPSA) is 75.4 Å². The molecular weight excluding hydrogens is 230 g/mol. The van der Waals surface area contributed by atoms with Gasteiger partial charge in [0.15, 0.2) is 0 Å². The Morgan fingerprint density at radius 1 is 1.44 bits per heavy atom. The zero-order valence-corrected chi connectivity index (χ0v) is 12.0. The second kappa shape index (κ2) is 5.36. The fourth-order valence-corrected chi connectivity index (χ4v) is 2.68. The van der Waals surface area contributed by atoms with Crippen molar-refractivity contribution in [3.8, 4) is 0 Å². The van der Waals surface area contributed by atoms with E-state index in [0.717, 1.165) is 6.42 Å². The van der Waals surface area contributed by atoms with Gasteiger partial charge >= 0.3 is 0 Å². The van der Waals surface area contributed by atoms with Crippen LogP contribution in [0.5, 0.6) is 0 Å². The Morgan fingerprint density at radius 2 is 2.00 bits per heavy atom. The highest BCUT2D eigenvalue weighted by Gasteiger charge is 2.42. The number of hydrogen-bond donors (Lipinski definition) is 2. The fraction of sp³-hybridized carbons (Fsp3) is 0.846. The van der Waals surface area contributed by atoms with Crippen LogP contribution >= 0.6 is 0 Å². The predicted molar refractivity (Wildman–Crippen MR) is 70.8 cm³/mol. The van der Waals surface area contributed by atoms with Crippen LogP contribution in [0.15, 0.2) is 0 Å². The third-order valence-corrected chi connectivity index (χ3v) is 3.59. The van der Waals surface area contributed by atoms with E-state index in [-0.39, 0.29) is 41.9 Å². The lowest BCUT2D eigenvalue weighted by Crippen LogP contribution is -2.65. The summed E-state index contributed by atoms with van der Waals surface area (Å²) in [5.74, 6) is -0.473. The van der Waals surface area contributed by atoms with Crippen LogP contribution in [0, 0.1) is 5.41 Å². The molecule has 1 aliphatic heterocycles. The highest BCUT2D eigenvalue weighted by Crippen LogP contribution is 2.29. The molecule has 1 saturated heterocycles. The van der Waals surface area contributed by atoms with Crippen LogP contribution in [0.4, 0.5) is 0 Å². The highest BCUT2D eigenvalue weighted by atomic mass is 16.2. The summed E-state index contributed by atoms with van der Waals surface area (Å²) in [4.78, 5) is 25.2. The van der Waals surface area contributed by atoms with Crippen LogP contribution in [0.1, 0.15) is 41.0 Å². The Balaban J connectivity index is 3.04. The van der Waals surface area contributed by atoms with Crippen molar-refractivity contribution in [3.05, 3.63) is 0 Å². The molecule has 1 heterocycles. The summed E-state index contributed by atoms with van der Waals surface area (Å²) >= 11 is 0. The van der Waals surface area contributed by atoms with E-state index in [2.05, 4.69) is 26.1 Å². The van der Waals surface area contributed by atoms with Gasteiger partial charge in [0.05, 0.1) is 12.6 Å². The molecule has 18 heavy (non-hydrogen) atoms. The molecule has 3 unspecified atom stereocenters. The van der Waals surface area contributed by atoms with Crippen LogP contribution in [0.25, 0.3) is 0 Å². The number of carbonyl (C=O) groups excluding carboxylic acids is 2. The van der Waals surface area contributed by atoms with E-state index in [0.29, 0.717) is 0 Å². The Kier molecular flexibility index (Phi) is 4.50. The van der Waals surface area contributed by atoms with Crippen LogP contribution in [0.3, 0.4) is 0 Å². The Morgan fingerprint density at radius 3 is 2.44 bits per heavy atom. The molecule has 0 spiro atoms. The van der Waals surface area contributed by atoms with Crippen LogP contribution in [-0.2, 0) is 9.59 Å². The van der Waals surface area contributed by atoms with Crippen LogP contribution in [-0.4, -0.2) is 41.4 Å². The van der Waals surface area contributed by atoms with E-state index >= 15 is 0 Å². The lowest BCUT2D eigenvalue weighted by Gasteiger charge is -2.46. The van der Waals surface area contributed by atoms with Gasteiger partial charge in [-0.25, -0.2) is 0 Å². The predicted octanol–water partition coefficient (Wildman–Crippen LogP) is 0.485. The second-order valence-electron chi connectivity index (χ2n) is 6.14. The number of nitrogens with one attached hydrogen (secondary N) is 1. The standard InChI is InChI=1S/C13H25N3O2/c1-6-9(14)11(13(3,4)5)16-7-10(17)15-12(18)8(16)2/h8-9,11H,6-7,14H2,1-5H3,(H,15,17,18). The zero-order chi connectivity index (χ0) is 14.1. The first kappa shape index (κ1) is 15.1. The Hall–Kier alpha value is -0.940. The molecule has 1 rings (SSSR count). The molecule has 3 atom stereocenters. The summed E-state index contributed by atoms with van der Waals surface area (Å²) in [6, 6.07) is -0.358. The number of carbonyl (C=O) groups is 2. The normalized spacial score (nSPS) is 25.8. The number of hydrogen-bond acceptors (Lipinski definition) is 4. The van der Waals surface area contributed by atoms with Gasteiger partial charge in [-0.2, -0.15) is 0 Å². The molecule has 0 radical (unpaired) electrons. The van der Waals surface area contributed by atoms with E-state index in [4.69, 9.17) is 5.73 Å². The quantitative estimate of drug-likeness (QED) is 0.720. The summed E-state index contributed by atoms with van der Waals surface area (Å²) in [5.41, 5.74) is 6.12. The molecule has 0 aromatic carbocycles. The molecule has 3 N–H and O–H groups in total. The average molecular weight is 255 g/mol. The molecule has 1 aliphatic rings. The SMILES string of the molecule is CCC(N)C(N1CC(=O)NC(=O)C1C)C(C)(C)C. The number of nitrogens with zero attached hydrogens (tertiary/aromatic N) is 1. The third kappa shape index (κ3) is 3.09. The van der Waals surface area contributed by atoms with Gasteiger partial charge in [-0.15, -0.1) is 0 Å². The number of amides is 2. The third-order valence-electron chi connectivity index (χ3n) is 3.59. The molecule has 0 aromatic rings. The van der Waals surface area contributed by atoms with Crippen LogP contribution < -0.4 is 11.1 Å². The van der Waals surface area contributed by atoms with Gasteiger partial charge in [-0.05, 0) is 18.8 Å². The van der Waals surface area contributed by atoms with Crippen molar-refractivity contribution in [1.29, 1.82) is 0 Å². The van der Waals surface area contributed by atoms with E-state index in [9.17, 15) is 9.59 Å². The molecule has 104 valence electrons. The number of nitrogens with two attached hydrogens (primary N) is 1. The zero-order valence-electron chi connectivity index (χ0n) is 12.0. The number of piperazine rings is 1. The van der Waals surface area contributed by atoms with E-state index in [1.165, 1.54) is 0 Å². The minimum atomic E-state index is -0.315. The Bertz CT molecular complexity index is 336. The molecule has 0 saturated carbocycles. The second-order valence-corrected chi connectivity index (χ2v) is 6.14. The minimum Gasteiger partial charge on any atom is -0.326 e. The number of rotatable bonds is 3. The molecule has 2 amide bonds. The minimum absolute atomic E-state index is 0.00694. The summed E-state index contributed by atoms with van der Waals surface area (Å²) in [5, 5.41) is 2.36. The van der Waals surface area contributed by atoms with Gasteiger partial charge in [0, 0.05) is 12.1 Å². The number of imide groups is 1. The van der Waals surface area contributed by atoms with Crippen LogP contribution in [0.2, 0.25) is 0 Å². The first-order valence-corrected chi connectivity index (χ1v) is 6.53. The molecule has 0 bridgehead atoms. The molecule has 0 aliphatic carbocycles. The lowest BCUT2D eigenvalue weighted by atomic mass is 9.79. The van der Waals surface area contributed by atoms with Crippen molar-refractivity contribution < 1.29 is 9.59 Å². The van der Waals surface area contributed by atoms with Gasteiger partial charge < -0.3 is 5.73 Å². The van der Waals surface area contributed by atoms with Gasteiger partial charge in [0.25, 0.3) is 0 Å². The van der Waals surface area contributed by atoms with Crippen molar-refractivity contribution in [2.24, 2.45) is 11.1 Å². The monoisotopic (exact) mass is 255 g/mol. The van der Waals surface area contributed by atoms with Gasteiger partial charge in [-0.3, -0.25) is 19.8 Å². The molecule has 5 nitrogen and oxygen atoms in total. The largest absolute Gasteiger partial charge is 0.326 e. The van der Waals surface area contributed by atoms with Crippen molar-refractivity contribution in [2.75, 3.05) is 6.54 Å². The first-order chi connectivity index (χ1) is 8.18. The average Bonchev–Trinajstić information content (AvgIpc) is 2.23. The maximum Gasteiger partial charge on any atom is 0.243 e. The summed E-state index contributed by atoms with van der Waals surface area (Å²) in [6.07, 6.45) is 0.820. The molecular formula is C13H25N3O2. The fourth-order valence-electron chi connectivity index (χ4n) is 2.68. The maximum atomic E-state index is 11.7. The van der Waals surface area contributed by atoms with Crippen molar-refractivity contribution >= 4 is 11.8 Å². The highest BCUT2D eigenvalue weighted by molar-refractivity contribution is 6.00. The molecule has 0 aromatic heterocycles. The lowest BCUT2D eigenvalue weighted by molar-refractivity contribution is -0.142. The Labute approximate surface area is 109 Å². The van der Waals surface area contributed by atoms with Gasteiger partial charge in [0.2, 0.25) is 11.8 Å². The van der Waals surface area contributed by atoms with E-state index in [1.54, 1.807) is 0 Å². The summed E-state index contributed by atoms with van der Waals surface area (Å²) < 4.78 is 0. The van der Waals surface area contributed by atoms with Crippen molar-refractivity contribution in [1.82, 2.24) is 10.2 Å². The van der Waals surface area contributed by atoms with E-state index in [1.807, 2.05) is 18.7 Å². The summed E-state index contributed by atoms with van der Waals surface area (Å²) in [6.45, 7) is 10.4. The van der Waals surface area contributed by atoms with Crippen molar-refractivity contribution in [3.63, 3.8) is 0 Å². The van der Waals surface area contributed by atoms with Crippen molar-refractivity contribution in [2.45, 2.75) is 59.2 Å². The first-order valence-electron chi connectivity index (χ1n) is 6.53. The molecule has 5 heteroatoms. The maximum absolute atomic E-state index is 11.7. The summed E-state index contributed by atoms with van der Waals surface area (Å²) in [7, 11) is 0. The smallest absolute Gasteiger partial charge is 0.243 e. The van der Waals surface area contributed by atoms with Gasteiger partial charge in [0.1, 0.15) is 0 Å². The van der Waals surface area contributed by atoms with E-state index < -0.39 is 0 Å².